The average molecular weight is 244 g/mol. The van der Waals surface area contributed by atoms with Gasteiger partial charge in [-0.2, -0.15) is 0 Å². The Morgan fingerprint density at radius 2 is 2.00 bits per heavy atom. The summed E-state index contributed by atoms with van der Waals surface area (Å²) in [6.07, 6.45) is 2.03. The molecule has 90 valence electrons. The Bertz CT molecular complexity index is 301. The number of anilines is 1. The Morgan fingerprint density at radius 1 is 1.31 bits per heavy atom. The fraction of sp³-hybridized carbons (Fsp3) is 0.636. The smallest absolute Gasteiger partial charge is 0.151 e. The first-order valence-electron chi connectivity index (χ1n) is 5.59. The summed E-state index contributed by atoms with van der Waals surface area (Å²) >= 11 is 5.70. The highest BCUT2D eigenvalue weighted by Gasteiger charge is 2.16. The minimum Gasteiger partial charge on any atom is -0.395 e. The van der Waals surface area contributed by atoms with Gasteiger partial charge in [-0.15, -0.1) is 10.2 Å². The fourth-order valence-corrected chi connectivity index (χ4v) is 1.88. The van der Waals surface area contributed by atoms with Crippen LogP contribution in [0.1, 0.15) is 26.7 Å². The second-order valence-electron chi connectivity index (χ2n) is 3.60. The Morgan fingerprint density at radius 3 is 2.44 bits per heavy atom. The van der Waals surface area contributed by atoms with Crippen molar-refractivity contribution in [3.63, 3.8) is 0 Å². The van der Waals surface area contributed by atoms with Gasteiger partial charge in [0, 0.05) is 12.6 Å². The van der Waals surface area contributed by atoms with Gasteiger partial charge in [0.1, 0.15) is 0 Å². The maximum absolute atomic E-state index is 9.08. The molecular formula is C11H18ClN3O. The van der Waals surface area contributed by atoms with Crippen LogP contribution in [0.15, 0.2) is 12.1 Å². The molecule has 0 saturated heterocycles. The minimum atomic E-state index is 0.112. The van der Waals surface area contributed by atoms with E-state index in [1.54, 1.807) is 6.07 Å². The Kier molecular flexibility index (Phi) is 5.49. The number of aliphatic hydroxyl groups excluding tert-OH is 1. The summed E-state index contributed by atoms with van der Waals surface area (Å²) in [6.45, 7) is 4.94. The average Bonchev–Trinajstić information content (AvgIpc) is 2.31. The summed E-state index contributed by atoms with van der Waals surface area (Å²) in [6, 6.07) is 3.93. The van der Waals surface area contributed by atoms with Gasteiger partial charge in [-0.25, -0.2) is 0 Å². The molecule has 0 fully saturated rings. The van der Waals surface area contributed by atoms with Crippen LogP contribution in [0.3, 0.4) is 0 Å². The molecule has 1 rings (SSSR count). The normalized spacial score (nSPS) is 10.8. The van der Waals surface area contributed by atoms with Crippen LogP contribution in [-0.2, 0) is 0 Å². The zero-order valence-electron chi connectivity index (χ0n) is 9.73. The number of rotatable bonds is 6. The molecule has 4 nitrogen and oxygen atoms in total. The molecular weight excluding hydrogens is 226 g/mol. The van der Waals surface area contributed by atoms with Gasteiger partial charge in [0.25, 0.3) is 0 Å². The SMILES string of the molecule is CCC(CC)N(CCO)c1ccc(Cl)nn1. The number of aliphatic hydroxyl groups is 1. The molecule has 0 aromatic carbocycles. The molecule has 0 radical (unpaired) electrons. The van der Waals surface area contributed by atoms with Crippen molar-refractivity contribution in [2.45, 2.75) is 32.7 Å². The maximum Gasteiger partial charge on any atom is 0.151 e. The van der Waals surface area contributed by atoms with Crippen molar-refractivity contribution in [3.05, 3.63) is 17.3 Å². The van der Waals surface area contributed by atoms with E-state index in [-0.39, 0.29) is 6.61 Å². The van der Waals surface area contributed by atoms with E-state index in [0.717, 1.165) is 18.7 Å². The third kappa shape index (κ3) is 3.32. The lowest BCUT2D eigenvalue weighted by atomic mass is 10.1. The van der Waals surface area contributed by atoms with Crippen molar-refractivity contribution >= 4 is 17.4 Å². The van der Waals surface area contributed by atoms with E-state index in [4.69, 9.17) is 16.7 Å². The van der Waals surface area contributed by atoms with Crippen LogP contribution in [0.25, 0.3) is 0 Å². The molecule has 0 atom stereocenters. The summed E-state index contributed by atoms with van der Waals surface area (Å²) in [7, 11) is 0. The summed E-state index contributed by atoms with van der Waals surface area (Å²) in [5, 5.41) is 17.3. The van der Waals surface area contributed by atoms with E-state index in [1.165, 1.54) is 0 Å². The minimum absolute atomic E-state index is 0.112. The van der Waals surface area contributed by atoms with Gasteiger partial charge in [-0.05, 0) is 25.0 Å². The molecule has 1 N–H and O–H groups in total. The van der Waals surface area contributed by atoms with Gasteiger partial charge >= 0.3 is 0 Å². The van der Waals surface area contributed by atoms with Crippen LogP contribution in [0, 0.1) is 0 Å². The third-order valence-corrected chi connectivity index (χ3v) is 2.84. The predicted molar refractivity (Wildman–Crippen MR) is 65.8 cm³/mol. The van der Waals surface area contributed by atoms with E-state index in [2.05, 4.69) is 28.9 Å². The number of halogens is 1. The van der Waals surface area contributed by atoms with E-state index in [1.807, 2.05) is 6.07 Å². The molecule has 0 aliphatic heterocycles. The first-order chi connectivity index (χ1) is 7.72. The van der Waals surface area contributed by atoms with E-state index in [9.17, 15) is 0 Å². The molecule has 0 bridgehead atoms. The van der Waals surface area contributed by atoms with Gasteiger partial charge < -0.3 is 10.0 Å². The quantitative estimate of drug-likeness (QED) is 0.832. The molecule has 0 unspecified atom stereocenters. The molecule has 5 heteroatoms. The van der Waals surface area contributed by atoms with E-state index >= 15 is 0 Å². The second-order valence-corrected chi connectivity index (χ2v) is 3.99. The monoisotopic (exact) mass is 243 g/mol. The topological polar surface area (TPSA) is 49.2 Å². The highest BCUT2D eigenvalue weighted by Crippen LogP contribution is 2.18. The summed E-state index contributed by atoms with van der Waals surface area (Å²) in [5.41, 5.74) is 0. The molecule has 1 aromatic rings. The molecule has 0 spiro atoms. The largest absolute Gasteiger partial charge is 0.395 e. The van der Waals surface area contributed by atoms with Crippen LogP contribution < -0.4 is 4.90 Å². The molecule has 0 saturated carbocycles. The molecule has 1 heterocycles. The van der Waals surface area contributed by atoms with Crippen molar-refractivity contribution in [1.29, 1.82) is 0 Å². The van der Waals surface area contributed by atoms with Gasteiger partial charge in [0.2, 0.25) is 0 Å². The molecule has 16 heavy (non-hydrogen) atoms. The van der Waals surface area contributed by atoms with Crippen molar-refractivity contribution in [3.8, 4) is 0 Å². The number of hydrogen-bond donors (Lipinski definition) is 1. The Hall–Kier alpha value is -0.870. The summed E-state index contributed by atoms with van der Waals surface area (Å²) < 4.78 is 0. The second kappa shape index (κ2) is 6.66. The predicted octanol–water partition coefficient (Wildman–Crippen LogP) is 2.12. The zero-order valence-corrected chi connectivity index (χ0v) is 10.5. The molecule has 0 aliphatic carbocycles. The molecule has 0 aliphatic rings. The number of aromatic nitrogens is 2. The molecule has 1 aromatic heterocycles. The lowest BCUT2D eigenvalue weighted by Crippen LogP contribution is -2.37. The van der Waals surface area contributed by atoms with E-state index < -0.39 is 0 Å². The van der Waals surface area contributed by atoms with Crippen LogP contribution in [0.4, 0.5) is 5.82 Å². The zero-order chi connectivity index (χ0) is 12.0. The number of hydrogen-bond acceptors (Lipinski definition) is 4. The van der Waals surface area contributed by atoms with Crippen LogP contribution >= 0.6 is 11.6 Å². The van der Waals surface area contributed by atoms with Gasteiger partial charge in [0.15, 0.2) is 11.0 Å². The van der Waals surface area contributed by atoms with Crippen molar-refractivity contribution in [2.75, 3.05) is 18.1 Å². The van der Waals surface area contributed by atoms with Gasteiger partial charge in [-0.3, -0.25) is 0 Å². The van der Waals surface area contributed by atoms with Crippen molar-refractivity contribution in [2.24, 2.45) is 0 Å². The third-order valence-electron chi connectivity index (χ3n) is 2.64. The van der Waals surface area contributed by atoms with Crippen LogP contribution in [-0.4, -0.2) is 34.5 Å². The standard InChI is InChI=1S/C11H18ClN3O/c1-3-9(4-2)15(7-8-16)11-6-5-10(12)13-14-11/h5-6,9,16H,3-4,7-8H2,1-2H3. The van der Waals surface area contributed by atoms with Gasteiger partial charge in [0.05, 0.1) is 6.61 Å². The fourth-order valence-electron chi connectivity index (χ4n) is 1.78. The first-order valence-corrected chi connectivity index (χ1v) is 5.97. The van der Waals surface area contributed by atoms with Crippen LogP contribution in [0.5, 0.6) is 0 Å². The van der Waals surface area contributed by atoms with Crippen molar-refractivity contribution < 1.29 is 5.11 Å². The first kappa shape index (κ1) is 13.2. The highest BCUT2D eigenvalue weighted by molar-refractivity contribution is 6.29. The summed E-state index contributed by atoms with van der Waals surface area (Å²) in [5.74, 6) is 0.771. The highest BCUT2D eigenvalue weighted by atomic mass is 35.5. The lowest BCUT2D eigenvalue weighted by molar-refractivity contribution is 0.295. The summed E-state index contributed by atoms with van der Waals surface area (Å²) in [4.78, 5) is 2.07. The molecule has 0 amide bonds. The number of nitrogens with zero attached hydrogens (tertiary/aromatic N) is 3. The lowest BCUT2D eigenvalue weighted by Gasteiger charge is -2.30. The Labute approximate surface area is 101 Å². The van der Waals surface area contributed by atoms with Crippen molar-refractivity contribution in [1.82, 2.24) is 10.2 Å². The van der Waals surface area contributed by atoms with Crippen LogP contribution in [0.2, 0.25) is 5.15 Å². The van der Waals surface area contributed by atoms with E-state index in [0.29, 0.717) is 17.7 Å². The Balaban J connectivity index is 2.87. The van der Waals surface area contributed by atoms with Gasteiger partial charge in [-0.1, -0.05) is 25.4 Å². The maximum atomic E-state index is 9.08.